The number of ether oxygens (including phenoxy) is 2. The predicted molar refractivity (Wildman–Crippen MR) is 70.6 cm³/mol. The molecule has 2 N–H and O–H groups in total. The number of carbonyl (C=O) groups is 1. The Kier molecular flexibility index (Phi) is 5.65. The molecule has 4 nitrogen and oxygen atoms in total. The summed E-state index contributed by atoms with van der Waals surface area (Å²) in [5.41, 5.74) is 7.02. The standard InChI is InChI=1S/C14H21NO3/c1-10(2)11-4-6-13(7-5-11)18-9-12(15)8-14(16)17-3/h4-7,10,12H,8-9,15H2,1-3H3. The molecule has 0 amide bonds. The van der Waals surface area contributed by atoms with E-state index in [0.29, 0.717) is 12.5 Å². The van der Waals surface area contributed by atoms with Gasteiger partial charge >= 0.3 is 5.97 Å². The van der Waals surface area contributed by atoms with E-state index in [4.69, 9.17) is 10.5 Å². The van der Waals surface area contributed by atoms with Gasteiger partial charge in [-0.2, -0.15) is 0 Å². The highest BCUT2D eigenvalue weighted by molar-refractivity contribution is 5.69. The minimum absolute atomic E-state index is 0.167. The van der Waals surface area contributed by atoms with Crippen LogP contribution < -0.4 is 10.5 Å². The molecule has 1 rings (SSSR count). The molecule has 0 aromatic heterocycles. The first-order valence-electron chi connectivity index (χ1n) is 6.08. The number of hydrogen-bond acceptors (Lipinski definition) is 4. The summed E-state index contributed by atoms with van der Waals surface area (Å²) in [6.07, 6.45) is 0.167. The molecule has 0 fully saturated rings. The molecule has 0 aliphatic carbocycles. The summed E-state index contributed by atoms with van der Waals surface area (Å²) in [6, 6.07) is 7.56. The van der Waals surface area contributed by atoms with Crippen LogP contribution in [0.2, 0.25) is 0 Å². The Labute approximate surface area is 108 Å². The Morgan fingerprint density at radius 3 is 2.39 bits per heavy atom. The van der Waals surface area contributed by atoms with Gasteiger partial charge in [-0.3, -0.25) is 4.79 Å². The van der Waals surface area contributed by atoms with Crippen molar-refractivity contribution in [2.45, 2.75) is 32.2 Å². The maximum absolute atomic E-state index is 11.0. The lowest BCUT2D eigenvalue weighted by Gasteiger charge is -2.13. The van der Waals surface area contributed by atoms with Crippen molar-refractivity contribution >= 4 is 5.97 Å². The quantitative estimate of drug-likeness (QED) is 0.786. The van der Waals surface area contributed by atoms with Crippen molar-refractivity contribution in [3.8, 4) is 5.75 Å². The zero-order valence-corrected chi connectivity index (χ0v) is 11.2. The van der Waals surface area contributed by atoms with Gasteiger partial charge in [-0.05, 0) is 23.6 Å². The van der Waals surface area contributed by atoms with Gasteiger partial charge in [0.1, 0.15) is 12.4 Å². The summed E-state index contributed by atoms with van der Waals surface area (Å²) in [5, 5.41) is 0. The van der Waals surface area contributed by atoms with Crippen molar-refractivity contribution in [2.75, 3.05) is 13.7 Å². The van der Waals surface area contributed by atoms with Gasteiger partial charge in [-0.25, -0.2) is 0 Å². The van der Waals surface area contributed by atoms with Crippen LogP contribution >= 0.6 is 0 Å². The highest BCUT2D eigenvalue weighted by Crippen LogP contribution is 2.18. The topological polar surface area (TPSA) is 61.5 Å². The fraction of sp³-hybridized carbons (Fsp3) is 0.500. The van der Waals surface area contributed by atoms with Gasteiger partial charge in [0.15, 0.2) is 0 Å². The summed E-state index contributed by atoms with van der Waals surface area (Å²) in [5.74, 6) is 0.946. The van der Waals surface area contributed by atoms with Crippen LogP contribution in [-0.4, -0.2) is 25.7 Å². The van der Waals surface area contributed by atoms with E-state index in [1.54, 1.807) is 0 Å². The van der Waals surface area contributed by atoms with Gasteiger partial charge in [-0.1, -0.05) is 26.0 Å². The third kappa shape index (κ3) is 4.75. The molecule has 0 heterocycles. The van der Waals surface area contributed by atoms with Crippen LogP contribution in [0.1, 0.15) is 31.7 Å². The number of nitrogens with two attached hydrogens (primary N) is 1. The van der Waals surface area contributed by atoms with E-state index in [1.165, 1.54) is 12.7 Å². The van der Waals surface area contributed by atoms with E-state index in [-0.39, 0.29) is 18.4 Å². The second-order valence-corrected chi connectivity index (χ2v) is 4.58. The summed E-state index contributed by atoms with van der Waals surface area (Å²) in [6.45, 7) is 4.58. The Morgan fingerprint density at radius 2 is 1.89 bits per heavy atom. The molecule has 0 bridgehead atoms. The SMILES string of the molecule is COC(=O)CC(N)COc1ccc(C(C)C)cc1. The largest absolute Gasteiger partial charge is 0.492 e. The molecule has 100 valence electrons. The van der Waals surface area contributed by atoms with E-state index >= 15 is 0 Å². The average molecular weight is 251 g/mol. The molecule has 0 aliphatic rings. The van der Waals surface area contributed by atoms with Crippen LogP contribution in [0.15, 0.2) is 24.3 Å². The monoisotopic (exact) mass is 251 g/mol. The first-order valence-corrected chi connectivity index (χ1v) is 6.08. The van der Waals surface area contributed by atoms with Crippen molar-refractivity contribution in [3.63, 3.8) is 0 Å². The highest BCUT2D eigenvalue weighted by Gasteiger charge is 2.10. The minimum atomic E-state index is -0.345. The Bertz CT molecular complexity index is 373. The first-order chi connectivity index (χ1) is 8.52. The zero-order valence-electron chi connectivity index (χ0n) is 11.2. The molecule has 0 saturated heterocycles. The van der Waals surface area contributed by atoms with Crippen molar-refractivity contribution in [1.29, 1.82) is 0 Å². The number of carbonyl (C=O) groups excluding carboxylic acids is 1. The number of rotatable bonds is 6. The van der Waals surface area contributed by atoms with Crippen LogP contribution in [0, 0.1) is 0 Å². The summed E-state index contributed by atoms with van der Waals surface area (Å²) < 4.78 is 10.1. The Hall–Kier alpha value is -1.55. The summed E-state index contributed by atoms with van der Waals surface area (Å²) in [7, 11) is 1.35. The van der Waals surface area contributed by atoms with Gasteiger partial charge in [0, 0.05) is 6.04 Å². The number of methoxy groups -OCH3 is 1. The molecule has 0 saturated carbocycles. The smallest absolute Gasteiger partial charge is 0.307 e. The molecule has 0 radical (unpaired) electrons. The molecule has 1 aromatic carbocycles. The molecule has 18 heavy (non-hydrogen) atoms. The summed E-state index contributed by atoms with van der Waals surface area (Å²) >= 11 is 0. The van der Waals surface area contributed by atoms with E-state index in [9.17, 15) is 4.79 Å². The van der Waals surface area contributed by atoms with E-state index < -0.39 is 0 Å². The first kappa shape index (κ1) is 14.5. The third-order valence-electron chi connectivity index (χ3n) is 2.67. The average Bonchev–Trinajstić information content (AvgIpc) is 2.36. The van der Waals surface area contributed by atoms with Gasteiger partial charge < -0.3 is 15.2 Å². The van der Waals surface area contributed by atoms with Crippen molar-refractivity contribution in [2.24, 2.45) is 5.73 Å². The van der Waals surface area contributed by atoms with Gasteiger partial charge in [-0.15, -0.1) is 0 Å². The van der Waals surface area contributed by atoms with E-state index in [1.807, 2.05) is 24.3 Å². The molecular weight excluding hydrogens is 230 g/mol. The van der Waals surface area contributed by atoms with Gasteiger partial charge in [0.25, 0.3) is 0 Å². The van der Waals surface area contributed by atoms with Crippen molar-refractivity contribution in [3.05, 3.63) is 29.8 Å². The lowest BCUT2D eigenvalue weighted by Crippen LogP contribution is -2.30. The number of benzene rings is 1. The molecule has 1 aromatic rings. The van der Waals surface area contributed by atoms with Crippen LogP contribution in [0.4, 0.5) is 0 Å². The molecule has 0 spiro atoms. The fourth-order valence-corrected chi connectivity index (χ4v) is 1.51. The number of hydrogen-bond donors (Lipinski definition) is 1. The fourth-order valence-electron chi connectivity index (χ4n) is 1.51. The zero-order chi connectivity index (χ0) is 13.5. The minimum Gasteiger partial charge on any atom is -0.492 e. The van der Waals surface area contributed by atoms with Crippen LogP contribution in [0.5, 0.6) is 5.75 Å². The molecule has 1 atom stereocenters. The Balaban J connectivity index is 2.41. The van der Waals surface area contributed by atoms with E-state index in [2.05, 4.69) is 18.6 Å². The molecule has 1 unspecified atom stereocenters. The second kappa shape index (κ2) is 7.01. The van der Waals surface area contributed by atoms with Gasteiger partial charge in [0.05, 0.1) is 13.5 Å². The Morgan fingerprint density at radius 1 is 1.28 bits per heavy atom. The second-order valence-electron chi connectivity index (χ2n) is 4.58. The van der Waals surface area contributed by atoms with Crippen LogP contribution in [0.3, 0.4) is 0 Å². The normalized spacial score (nSPS) is 12.3. The molecular formula is C14H21NO3. The van der Waals surface area contributed by atoms with Crippen LogP contribution in [-0.2, 0) is 9.53 Å². The molecule has 0 aliphatic heterocycles. The maximum atomic E-state index is 11.0. The highest BCUT2D eigenvalue weighted by atomic mass is 16.5. The van der Waals surface area contributed by atoms with Crippen LogP contribution in [0.25, 0.3) is 0 Å². The van der Waals surface area contributed by atoms with Gasteiger partial charge in [0.2, 0.25) is 0 Å². The summed E-state index contributed by atoms with van der Waals surface area (Å²) in [4.78, 5) is 11.0. The third-order valence-corrected chi connectivity index (χ3v) is 2.67. The lowest BCUT2D eigenvalue weighted by atomic mass is 10.0. The molecule has 4 heteroatoms. The van der Waals surface area contributed by atoms with Crippen molar-refractivity contribution in [1.82, 2.24) is 0 Å². The van der Waals surface area contributed by atoms with E-state index in [0.717, 1.165) is 5.75 Å². The lowest BCUT2D eigenvalue weighted by molar-refractivity contribution is -0.141. The maximum Gasteiger partial charge on any atom is 0.307 e. The predicted octanol–water partition coefficient (Wildman–Crippen LogP) is 2.08. The van der Waals surface area contributed by atoms with Crippen molar-refractivity contribution < 1.29 is 14.3 Å². The number of esters is 1.